The van der Waals surface area contributed by atoms with Crippen LogP contribution in [0.15, 0.2) is 88.0 Å². The van der Waals surface area contributed by atoms with E-state index in [-0.39, 0.29) is 18.0 Å². The Kier molecular flexibility index (Phi) is 3.83. The van der Waals surface area contributed by atoms with Gasteiger partial charge in [-0.25, -0.2) is 0 Å². The lowest BCUT2D eigenvalue weighted by atomic mass is 9.97. The summed E-state index contributed by atoms with van der Waals surface area (Å²) < 4.78 is 10.6. The Morgan fingerprint density at radius 1 is 1.00 bits per heavy atom. The molecule has 0 spiro atoms. The number of fused-ring (bicyclic) bond motifs is 3. The summed E-state index contributed by atoms with van der Waals surface area (Å²) >= 11 is 0. The molecule has 0 aliphatic carbocycles. The van der Waals surface area contributed by atoms with Gasteiger partial charge in [-0.1, -0.05) is 29.4 Å². The van der Waals surface area contributed by atoms with Gasteiger partial charge in [-0.05, 0) is 42.5 Å². The quantitative estimate of drug-likeness (QED) is 0.496. The van der Waals surface area contributed by atoms with Crippen molar-refractivity contribution in [2.75, 3.05) is 16.8 Å². The number of hydrogen-bond donors (Lipinski definition) is 0. The smallest absolute Gasteiger partial charge is 0.293 e. The van der Waals surface area contributed by atoms with Crippen molar-refractivity contribution >= 4 is 17.3 Å². The first-order valence-corrected chi connectivity index (χ1v) is 10.0. The van der Waals surface area contributed by atoms with E-state index in [0.29, 0.717) is 17.5 Å². The summed E-state index contributed by atoms with van der Waals surface area (Å²) in [7, 11) is 2.07. The van der Waals surface area contributed by atoms with E-state index in [1.807, 2.05) is 47.4 Å². The summed E-state index contributed by atoms with van der Waals surface area (Å²) in [5.41, 5.74) is 3.92. The van der Waals surface area contributed by atoms with Gasteiger partial charge in [0.15, 0.2) is 5.76 Å². The molecule has 2 atom stereocenters. The Balaban J connectivity index is 1.35. The lowest BCUT2D eigenvalue weighted by molar-refractivity contribution is -0.115. The van der Waals surface area contributed by atoms with E-state index in [1.165, 1.54) is 0 Å². The SMILES string of the molecule is CN1c2ccccc2C2C1C=CC(=O)N2c1ccc(-c2noc(-c3ccco3)n2)cc1. The van der Waals surface area contributed by atoms with Crippen LogP contribution in [-0.4, -0.2) is 29.1 Å². The number of likely N-dealkylation sites (N-methyl/N-ethyl adjacent to an activating group) is 1. The van der Waals surface area contributed by atoms with E-state index >= 15 is 0 Å². The van der Waals surface area contributed by atoms with Crippen LogP contribution in [0.3, 0.4) is 0 Å². The first-order chi connectivity index (χ1) is 15.2. The monoisotopic (exact) mass is 410 g/mol. The van der Waals surface area contributed by atoms with E-state index in [4.69, 9.17) is 8.94 Å². The van der Waals surface area contributed by atoms with Gasteiger partial charge in [0.05, 0.1) is 18.3 Å². The summed E-state index contributed by atoms with van der Waals surface area (Å²) in [6.07, 6.45) is 5.21. The summed E-state index contributed by atoms with van der Waals surface area (Å²) in [4.78, 5) is 21.4. The number of benzene rings is 2. The average molecular weight is 410 g/mol. The third-order valence-corrected chi connectivity index (χ3v) is 5.92. The van der Waals surface area contributed by atoms with Gasteiger partial charge in [-0.2, -0.15) is 4.98 Å². The van der Waals surface area contributed by atoms with Gasteiger partial charge in [-0.3, -0.25) is 9.69 Å². The molecule has 2 aliphatic heterocycles. The average Bonchev–Trinajstić information content (AvgIpc) is 3.55. The standard InChI is InChI=1S/C24H18N4O3/c1-27-18-6-3-2-5-17(18)22-19(27)12-13-21(29)28(22)16-10-8-15(9-11-16)23-25-24(31-26-23)20-7-4-14-30-20/h2-14,19,22H,1H3. The van der Waals surface area contributed by atoms with Gasteiger partial charge in [0.25, 0.3) is 11.8 Å². The molecule has 0 radical (unpaired) electrons. The Morgan fingerprint density at radius 2 is 1.84 bits per heavy atom. The highest BCUT2D eigenvalue weighted by Crippen LogP contribution is 2.45. The number of carbonyl (C=O) groups excluding carboxylic acids is 1. The minimum atomic E-state index is -0.0692. The lowest BCUT2D eigenvalue weighted by Crippen LogP contribution is -2.44. The third kappa shape index (κ3) is 2.70. The zero-order valence-corrected chi connectivity index (χ0v) is 16.7. The van der Waals surface area contributed by atoms with Crippen molar-refractivity contribution in [3.63, 3.8) is 0 Å². The Labute approximate surface area is 178 Å². The second-order valence-corrected chi connectivity index (χ2v) is 7.62. The van der Waals surface area contributed by atoms with Crippen LogP contribution in [0, 0.1) is 0 Å². The molecule has 31 heavy (non-hydrogen) atoms. The fourth-order valence-electron chi connectivity index (χ4n) is 4.44. The molecule has 0 fully saturated rings. The Morgan fingerprint density at radius 3 is 2.65 bits per heavy atom. The van der Waals surface area contributed by atoms with Crippen LogP contribution in [0.25, 0.3) is 23.0 Å². The number of aromatic nitrogens is 2. The van der Waals surface area contributed by atoms with Crippen molar-refractivity contribution in [3.8, 4) is 23.0 Å². The van der Waals surface area contributed by atoms with Crippen molar-refractivity contribution in [1.82, 2.24) is 10.1 Å². The van der Waals surface area contributed by atoms with Gasteiger partial charge in [0, 0.05) is 35.6 Å². The second kappa shape index (κ2) is 6.70. The predicted octanol–water partition coefficient (Wildman–Crippen LogP) is 4.46. The number of para-hydroxylation sites is 1. The largest absolute Gasteiger partial charge is 0.459 e. The van der Waals surface area contributed by atoms with Crippen LogP contribution in [0.4, 0.5) is 11.4 Å². The number of furan rings is 1. The maximum atomic E-state index is 12.9. The number of hydrogen-bond acceptors (Lipinski definition) is 6. The molecule has 7 heteroatoms. The highest BCUT2D eigenvalue weighted by atomic mass is 16.5. The van der Waals surface area contributed by atoms with Crippen molar-refractivity contribution < 1.29 is 13.7 Å². The first kappa shape index (κ1) is 17.7. The van der Waals surface area contributed by atoms with Gasteiger partial charge < -0.3 is 13.8 Å². The van der Waals surface area contributed by atoms with Crippen molar-refractivity contribution in [1.29, 1.82) is 0 Å². The summed E-state index contributed by atoms with van der Waals surface area (Å²) in [5, 5.41) is 4.05. The van der Waals surface area contributed by atoms with Crippen LogP contribution in [0.5, 0.6) is 0 Å². The van der Waals surface area contributed by atoms with Crippen LogP contribution in [0.1, 0.15) is 11.6 Å². The highest BCUT2D eigenvalue weighted by molar-refractivity contribution is 6.04. The summed E-state index contributed by atoms with van der Waals surface area (Å²) in [5.74, 6) is 1.29. The fourth-order valence-corrected chi connectivity index (χ4v) is 4.44. The van der Waals surface area contributed by atoms with Crippen LogP contribution in [0.2, 0.25) is 0 Å². The fraction of sp³-hybridized carbons (Fsp3) is 0.125. The van der Waals surface area contributed by atoms with Crippen molar-refractivity contribution in [2.24, 2.45) is 0 Å². The molecule has 2 aromatic carbocycles. The molecular weight excluding hydrogens is 392 g/mol. The number of anilines is 2. The van der Waals surface area contributed by atoms with Crippen molar-refractivity contribution in [2.45, 2.75) is 12.1 Å². The molecule has 0 saturated heterocycles. The molecule has 2 unspecified atom stereocenters. The van der Waals surface area contributed by atoms with Gasteiger partial charge in [-0.15, -0.1) is 0 Å². The van der Waals surface area contributed by atoms with E-state index in [2.05, 4.69) is 34.2 Å². The second-order valence-electron chi connectivity index (χ2n) is 7.62. The number of nitrogens with zero attached hydrogens (tertiary/aromatic N) is 4. The Hall–Kier alpha value is -4.13. The number of carbonyl (C=O) groups is 1. The predicted molar refractivity (Wildman–Crippen MR) is 115 cm³/mol. The number of rotatable bonds is 3. The minimum absolute atomic E-state index is 0.0289. The molecule has 6 rings (SSSR count). The summed E-state index contributed by atoms with van der Waals surface area (Å²) in [6.45, 7) is 0. The molecule has 0 saturated carbocycles. The molecule has 7 nitrogen and oxygen atoms in total. The Bertz CT molecular complexity index is 1290. The zero-order chi connectivity index (χ0) is 20.9. The molecule has 0 N–H and O–H groups in total. The number of amides is 1. The van der Waals surface area contributed by atoms with E-state index in [0.717, 1.165) is 22.5 Å². The molecule has 0 bridgehead atoms. The van der Waals surface area contributed by atoms with Gasteiger partial charge >= 0.3 is 0 Å². The molecule has 152 valence electrons. The highest BCUT2D eigenvalue weighted by Gasteiger charge is 2.43. The van der Waals surface area contributed by atoms with Gasteiger partial charge in [0.1, 0.15) is 0 Å². The van der Waals surface area contributed by atoms with Crippen LogP contribution >= 0.6 is 0 Å². The van der Waals surface area contributed by atoms with Gasteiger partial charge in [0.2, 0.25) is 5.82 Å². The molecule has 4 heterocycles. The topological polar surface area (TPSA) is 75.6 Å². The lowest BCUT2D eigenvalue weighted by Gasteiger charge is -2.36. The molecular formula is C24H18N4O3. The van der Waals surface area contributed by atoms with E-state index in [1.54, 1.807) is 24.5 Å². The maximum absolute atomic E-state index is 12.9. The molecule has 4 aromatic rings. The van der Waals surface area contributed by atoms with E-state index < -0.39 is 0 Å². The normalized spacial score (nSPS) is 19.6. The van der Waals surface area contributed by atoms with Crippen LogP contribution < -0.4 is 9.80 Å². The van der Waals surface area contributed by atoms with Crippen LogP contribution in [-0.2, 0) is 4.79 Å². The third-order valence-electron chi connectivity index (χ3n) is 5.92. The maximum Gasteiger partial charge on any atom is 0.293 e. The summed E-state index contributed by atoms with van der Waals surface area (Å²) in [6, 6.07) is 19.5. The van der Waals surface area contributed by atoms with E-state index in [9.17, 15) is 4.79 Å². The zero-order valence-electron chi connectivity index (χ0n) is 16.7. The minimum Gasteiger partial charge on any atom is -0.459 e. The molecule has 1 amide bonds. The molecule has 2 aromatic heterocycles. The first-order valence-electron chi connectivity index (χ1n) is 10.0. The van der Waals surface area contributed by atoms with Crippen molar-refractivity contribution in [3.05, 3.63) is 84.6 Å². The molecule has 2 aliphatic rings.